The third kappa shape index (κ3) is 9.85. The van der Waals surface area contributed by atoms with Gasteiger partial charge in [-0.1, -0.05) is 30.3 Å². The average molecular weight is 512 g/mol. The summed E-state index contributed by atoms with van der Waals surface area (Å²) in [6.07, 6.45) is 0. The van der Waals surface area contributed by atoms with Gasteiger partial charge in [-0.2, -0.15) is 0 Å². The Morgan fingerprint density at radius 1 is 1.03 bits per heavy atom. The van der Waals surface area contributed by atoms with Crippen molar-refractivity contribution in [3.05, 3.63) is 60.2 Å². The van der Waals surface area contributed by atoms with Crippen LogP contribution in [-0.4, -0.2) is 57.9 Å². The van der Waals surface area contributed by atoms with E-state index in [1.165, 1.54) is 5.56 Å². The Balaban J connectivity index is 0.00000420. The third-order valence-electron chi connectivity index (χ3n) is 4.14. The number of anilines is 1. The van der Waals surface area contributed by atoms with Crippen molar-refractivity contribution in [3.8, 4) is 5.75 Å². The number of ether oxygens (including phenoxy) is 2. The van der Waals surface area contributed by atoms with Crippen molar-refractivity contribution in [2.75, 3.05) is 52.3 Å². The van der Waals surface area contributed by atoms with E-state index in [9.17, 15) is 0 Å². The number of rotatable bonds is 11. The molecule has 0 amide bonds. The van der Waals surface area contributed by atoms with Gasteiger partial charge in [-0.15, -0.1) is 24.0 Å². The lowest BCUT2D eigenvalue weighted by Gasteiger charge is -2.22. The van der Waals surface area contributed by atoms with Gasteiger partial charge < -0.3 is 25.0 Å². The first-order valence-electron chi connectivity index (χ1n) is 9.72. The molecule has 6 nitrogen and oxygen atoms in total. The predicted octanol–water partition coefficient (Wildman–Crippen LogP) is 3.84. The number of hydrogen-bond acceptors (Lipinski definition) is 4. The smallest absolute Gasteiger partial charge is 0.194 e. The normalized spacial score (nSPS) is 10.8. The molecule has 0 unspecified atom stereocenters. The van der Waals surface area contributed by atoms with Crippen LogP contribution in [0.5, 0.6) is 5.75 Å². The fraction of sp³-hybridized carbons (Fsp3) is 0.409. The molecular formula is C22H33IN4O2. The Morgan fingerprint density at radius 2 is 1.76 bits per heavy atom. The molecule has 0 saturated carbocycles. The van der Waals surface area contributed by atoms with Gasteiger partial charge in [0.1, 0.15) is 12.4 Å². The van der Waals surface area contributed by atoms with Gasteiger partial charge in [0.05, 0.1) is 19.7 Å². The van der Waals surface area contributed by atoms with E-state index in [1.54, 1.807) is 7.11 Å². The molecule has 0 fully saturated rings. The molecule has 0 radical (unpaired) electrons. The molecule has 0 aliphatic rings. The van der Waals surface area contributed by atoms with Crippen LogP contribution < -0.4 is 15.4 Å². The van der Waals surface area contributed by atoms with Crippen LogP contribution in [0.4, 0.5) is 5.69 Å². The fourth-order valence-electron chi connectivity index (χ4n) is 2.58. The molecular weight excluding hydrogens is 479 g/mol. The highest BCUT2D eigenvalue weighted by atomic mass is 127. The molecule has 7 heteroatoms. The number of benzene rings is 2. The molecule has 0 saturated heterocycles. The van der Waals surface area contributed by atoms with Crippen LogP contribution in [0, 0.1) is 0 Å². The van der Waals surface area contributed by atoms with Crippen molar-refractivity contribution in [1.82, 2.24) is 10.2 Å². The van der Waals surface area contributed by atoms with E-state index in [1.807, 2.05) is 37.4 Å². The summed E-state index contributed by atoms with van der Waals surface area (Å²) in [6, 6.07) is 18.2. The molecule has 2 N–H and O–H groups in total. The number of para-hydroxylation sites is 1. The average Bonchev–Trinajstić information content (AvgIpc) is 2.73. The van der Waals surface area contributed by atoms with Gasteiger partial charge in [0.25, 0.3) is 0 Å². The number of nitrogens with zero attached hydrogens (tertiary/aromatic N) is 2. The van der Waals surface area contributed by atoms with Crippen LogP contribution >= 0.6 is 24.0 Å². The van der Waals surface area contributed by atoms with E-state index in [2.05, 4.69) is 46.7 Å². The van der Waals surface area contributed by atoms with Crippen molar-refractivity contribution < 1.29 is 9.47 Å². The van der Waals surface area contributed by atoms with E-state index in [0.717, 1.165) is 37.0 Å². The second-order valence-electron chi connectivity index (χ2n) is 6.37. The number of guanidine groups is 1. The number of aliphatic imine (C=N–C) groups is 1. The van der Waals surface area contributed by atoms with Gasteiger partial charge in [0.15, 0.2) is 5.96 Å². The summed E-state index contributed by atoms with van der Waals surface area (Å²) < 4.78 is 10.8. The highest BCUT2D eigenvalue weighted by molar-refractivity contribution is 14.0. The number of methoxy groups -OCH3 is 1. The van der Waals surface area contributed by atoms with E-state index in [0.29, 0.717) is 19.8 Å². The van der Waals surface area contributed by atoms with Gasteiger partial charge in [-0.3, -0.25) is 0 Å². The van der Waals surface area contributed by atoms with Gasteiger partial charge >= 0.3 is 0 Å². The maximum Gasteiger partial charge on any atom is 0.194 e. The van der Waals surface area contributed by atoms with Gasteiger partial charge in [-0.05, 0) is 36.8 Å². The molecule has 0 heterocycles. The zero-order chi connectivity index (χ0) is 20.0. The molecule has 0 aromatic heterocycles. The standard InChI is InChI=1S/C22H32N4O2.HI/c1-4-23-22(26(2)15-17-28-21-8-6-5-7-9-21)25-18-19-10-12-20(13-11-19)24-14-16-27-3;/h5-13,24H,4,14-18H2,1-3H3,(H,23,25);1H. The molecule has 0 atom stereocenters. The monoisotopic (exact) mass is 512 g/mol. The lowest BCUT2D eigenvalue weighted by Crippen LogP contribution is -2.40. The van der Waals surface area contributed by atoms with Gasteiger partial charge in [0, 0.05) is 32.9 Å². The van der Waals surface area contributed by atoms with Crippen LogP contribution in [-0.2, 0) is 11.3 Å². The van der Waals surface area contributed by atoms with Crippen molar-refractivity contribution in [1.29, 1.82) is 0 Å². The minimum absolute atomic E-state index is 0. The predicted molar refractivity (Wildman–Crippen MR) is 132 cm³/mol. The number of likely N-dealkylation sites (N-methyl/N-ethyl adjacent to an activating group) is 1. The summed E-state index contributed by atoms with van der Waals surface area (Å²) in [5.74, 6) is 1.76. The highest BCUT2D eigenvalue weighted by Gasteiger charge is 2.06. The molecule has 160 valence electrons. The Labute approximate surface area is 191 Å². The van der Waals surface area contributed by atoms with E-state index in [-0.39, 0.29) is 24.0 Å². The topological polar surface area (TPSA) is 58.1 Å². The molecule has 0 bridgehead atoms. The van der Waals surface area contributed by atoms with Crippen molar-refractivity contribution in [2.45, 2.75) is 13.5 Å². The number of halogens is 1. The van der Waals surface area contributed by atoms with Crippen molar-refractivity contribution >= 4 is 35.6 Å². The first-order valence-corrected chi connectivity index (χ1v) is 9.72. The first-order chi connectivity index (χ1) is 13.7. The Kier molecular flexibility index (Phi) is 12.9. The SMILES string of the molecule is CCNC(=NCc1ccc(NCCOC)cc1)N(C)CCOc1ccccc1.I. The maximum absolute atomic E-state index is 5.78. The second kappa shape index (κ2) is 14.9. The lowest BCUT2D eigenvalue weighted by atomic mass is 10.2. The largest absolute Gasteiger partial charge is 0.492 e. The van der Waals surface area contributed by atoms with E-state index in [4.69, 9.17) is 14.5 Å². The summed E-state index contributed by atoms with van der Waals surface area (Å²) >= 11 is 0. The quantitative estimate of drug-likeness (QED) is 0.208. The Hall–Kier alpha value is -2.00. The van der Waals surface area contributed by atoms with Crippen LogP contribution in [0.3, 0.4) is 0 Å². The molecule has 0 aliphatic carbocycles. The molecule has 2 aromatic rings. The van der Waals surface area contributed by atoms with Crippen LogP contribution in [0.2, 0.25) is 0 Å². The fourth-order valence-corrected chi connectivity index (χ4v) is 2.58. The molecule has 0 aliphatic heterocycles. The molecule has 29 heavy (non-hydrogen) atoms. The summed E-state index contributed by atoms with van der Waals surface area (Å²) in [7, 11) is 3.73. The third-order valence-corrected chi connectivity index (χ3v) is 4.14. The summed E-state index contributed by atoms with van der Waals surface area (Å²) in [5.41, 5.74) is 2.26. The minimum atomic E-state index is 0. The Bertz CT molecular complexity index is 696. The molecule has 2 aromatic carbocycles. The van der Waals surface area contributed by atoms with E-state index < -0.39 is 0 Å². The zero-order valence-corrected chi connectivity index (χ0v) is 19.9. The van der Waals surface area contributed by atoms with Gasteiger partial charge in [-0.25, -0.2) is 4.99 Å². The summed E-state index contributed by atoms with van der Waals surface area (Å²) in [4.78, 5) is 6.84. The van der Waals surface area contributed by atoms with Crippen molar-refractivity contribution in [3.63, 3.8) is 0 Å². The van der Waals surface area contributed by atoms with E-state index >= 15 is 0 Å². The lowest BCUT2D eigenvalue weighted by molar-refractivity contribution is 0.211. The van der Waals surface area contributed by atoms with Crippen LogP contribution in [0.25, 0.3) is 0 Å². The highest BCUT2D eigenvalue weighted by Crippen LogP contribution is 2.11. The van der Waals surface area contributed by atoms with Gasteiger partial charge in [0.2, 0.25) is 0 Å². The minimum Gasteiger partial charge on any atom is -0.492 e. The first kappa shape index (κ1) is 25.0. The molecule has 2 rings (SSSR count). The molecule has 0 spiro atoms. The van der Waals surface area contributed by atoms with Crippen LogP contribution in [0.1, 0.15) is 12.5 Å². The second-order valence-corrected chi connectivity index (χ2v) is 6.37. The summed E-state index contributed by atoms with van der Waals surface area (Å²) in [6.45, 7) is 6.38. The maximum atomic E-state index is 5.78. The van der Waals surface area contributed by atoms with Crippen molar-refractivity contribution in [2.24, 2.45) is 4.99 Å². The zero-order valence-electron chi connectivity index (χ0n) is 17.6. The Morgan fingerprint density at radius 3 is 2.41 bits per heavy atom. The summed E-state index contributed by atoms with van der Waals surface area (Å²) in [5, 5.41) is 6.66. The number of nitrogens with one attached hydrogen (secondary N) is 2. The van der Waals surface area contributed by atoms with Crippen LogP contribution in [0.15, 0.2) is 59.6 Å². The number of hydrogen-bond donors (Lipinski definition) is 2.